The standard InChI is InChI=1S/C16H29N3/c1-5-19(6-2)8-7-16(18-17)12-15-10-13(3)9-14(4)11-15/h9-11,16,18H,5-8,12,17H2,1-4H3. The van der Waals surface area contributed by atoms with Crippen LogP contribution in [0, 0.1) is 13.8 Å². The van der Waals surface area contributed by atoms with Gasteiger partial charge >= 0.3 is 0 Å². The number of hydrazine groups is 1. The molecule has 0 aliphatic heterocycles. The predicted molar refractivity (Wildman–Crippen MR) is 83.1 cm³/mol. The highest BCUT2D eigenvalue weighted by molar-refractivity contribution is 5.29. The molecule has 1 rings (SSSR count). The highest BCUT2D eigenvalue weighted by Crippen LogP contribution is 2.12. The van der Waals surface area contributed by atoms with Crippen molar-refractivity contribution in [1.29, 1.82) is 0 Å². The van der Waals surface area contributed by atoms with E-state index >= 15 is 0 Å². The van der Waals surface area contributed by atoms with Crippen LogP contribution in [0.5, 0.6) is 0 Å². The van der Waals surface area contributed by atoms with E-state index in [1.807, 2.05) is 0 Å². The lowest BCUT2D eigenvalue weighted by Gasteiger charge is -2.22. The first-order valence-electron chi connectivity index (χ1n) is 7.34. The summed E-state index contributed by atoms with van der Waals surface area (Å²) in [6.07, 6.45) is 2.09. The molecule has 108 valence electrons. The summed E-state index contributed by atoms with van der Waals surface area (Å²) >= 11 is 0. The van der Waals surface area contributed by atoms with Crippen molar-refractivity contribution in [3.8, 4) is 0 Å². The Labute approximate surface area is 118 Å². The van der Waals surface area contributed by atoms with E-state index < -0.39 is 0 Å². The lowest BCUT2D eigenvalue weighted by atomic mass is 9.99. The van der Waals surface area contributed by atoms with Crippen molar-refractivity contribution in [2.24, 2.45) is 5.84 Å². The molecule has 1 aromatic carbocycles. The maximum Gasteiger partial charge on any atom is 0.0263 e. The van der Waals surface area contributed by atoms with E-state index in [2.05, 4.69) is 56.2 Å². The predicted octanol–water partition coefficient (Wildman–Crippen LogP) is 2.41. The van der Waals surface area contributed by atoms with Gasteiger partial charge in [0.1, 0.15) is 0 Å². The zero-order valence-corrected chi connectivity index (χ0v) is 12.9. The molecule has 19 heavy (non-hydrogen) atoms. The molecular weight excluding hydrogens is 234 g/mol. The van der Waals surface area contributed by atoms with Gasteiger partial charge in [-0.15, -0.1) is 0 Å². The molecule has 0 amide bonds. The molecule has 0 aromatic heterocycles. The van der Waals surface area contributed by atoms with E-state index in [1.54, 1.807) is 0 Å². The smallest absolute Gasteiger partial charge is 0.0263 e. The van der Waals surface area contributed by atoms with E-state index in [4.69, 9.17) is 5.84 Å². The van der Waals surface area contributed by atoms with Gasteiger partial charge in [-0.3, -0.25) is 11.3 Å². The molecule has 0 aliphatic carbocycles. The van der Waals surface area contributed by atoms with Crippen molar-refractivity contribution in [3.63, 3.8) is 0 Å². The van der Waals surface area contributed by atoms with Crippen LogP contribution in [-0.4, -0.2) is 30.6 Å². The van der Waals surface area contributed by atoms with Gasteiger partial charge in [0.05, 0.1) is 0 Å². The lowest BCUT2D eigenvalue weighted by Crippen LogP contribution is -2.39. The van der Waals surface area contributed by atoms with Crippen LogP contribution in [0.25, 0.3) is 0 Å². The van der Waals surface area contributed by atoms with Crippen molar-refractivity contribution < 1.29 is 0 Å². The second kappa shape index (κ2) is 8.31. The number of hydrogen-bond donors (Lipinski definition) is 2. The third-order valence-electron chi connectivity index (χ3n) is 3.69. The quantitative estimate of drug-likeness (QED) is 0.559. The van der Waals surface area contributed by atoms with Crippen LogP contribution in [-0.2, 0) is 6.42 Å². The number of benzene rings is 1. The third-order valence-corrected chi connectivity index (χ3v) is 3.69. The summed E-state index contributed by atoms with van der Waals surface area (Å²) in [4.78, 5) is 2.44. The first kappa shape index (κ1) is 16.2. The van der Waals surface area contributed by atoms with Crippen LogP contribution in [0.15, 0.2) is 18.2 Å². The Hall–Kier alpha value is -0.900. The summed E-state index contributed by atoms with van der Waals surface area (Å²) in [7, 11) is 0. The number of hydrogen-bond acceptors (Lipinski definition) is 3. The number of rotatable bonds is 8. The van der Waals surface area contributed by atoms with E-state index in [0.29, 0.717) is 6.04 Å². The molecule has 1 aromatic rings. The number of aryl methyl sites for hydroxylation is 2. The average Bonchev–Trinajstić information content (AvgIpc) is 2.37. The van der Waals surface area contributed by atoms with Crippen molar-refractivity contribution in [3.05, 3.63) is 34.9 Å². The topological polar surface area (TPSA) is 41.3 Å². The summed E-state index contributed by atoms with van der Waals surface area (Å²) in [6.45, 7) is 12.0. The number of nitrogens with two attached hydrogens (primary N) is 1. The Balaban J connectivity index is 2.56. The molecule has 1 unspecified atom stereocenters. The van der Waals surface area contributed by atoms with Gasteiger partial charge in [0, 0.05) is 6.04 Å². The minimum absolute atomic E-state index is 0.349. The van der Waals surface area contributed by atoms with Crippen molar-refractivity contribution >= 4 is 0 Å². The maximum absolute atomic E-state index is 5.70. The third kappa shape index (κ3) is 5.72. The van der Waals surface area contributed by atoms with Crippen LogP contribution >= 0.6 is 0 Å². The zero-order valence-electron chi connectivity index (χ0n) is 12.9. The molecule has 0 bridgehead atoms. The molecule has 0 radical (unpaired) electrons. The molecule has 3 heteroatoms. The fraction of sp³-hybridized carbons (Fsp3) is 0.625. The van der Waals surface area contributed by atoms with Crippen LogP contribution < -0.4 is 11.3 Å². The Bertz CT molecular complexity index is 352. The normalized spacial score (nSPS) is 12.9. The van der Waals surface area contributed by atoms with Gasteiger partial charge < -0.3 is 4.90 Å². The maximum atomic E-state index is 5.70. The van der Waals surface area contributed by atoms with Gasteiger partial charge in [0.15, 0.2) is 0 Å². The van der Waals surface area contributed by atoms with Crippen LogP contribution in [0.1, 0.15) is 37.0 Å². The first-order valence-corrected chi connectivity index (χ1v) is 7.34. The summed E-state index contributed by atoms with van der Waals surface area (Å²) in [5, 5.41) is 0. The van der Waals surface area contributed by atoms with Crippen molar-refractivity contribution in [2.75, 3.05) is 19.6 Å². The Morgan fingerprint density at radius 1 is 1.11 bits per heavy atom. The monoisotopic (exact) mass is 263 g/mol. The fourth-order valence-electron chi connectivity index (χ4n) is 2.59. The lowest BCUT2D eigenvalue weighted by molar-refractivity contribution is 0.281. The van der Waals surface area contributed by atoms with E-state index in [0.717, 1.165) is 32.5 Å². The van der Waals surface area contributed by atoms with Gasteiger partial charge in [-0.2, -0.15) is 0 Å². The average molecular weight is 263 g/mol. The molecule has 0 heterocycles. The molecular formula is C16H29N3. The molecule has 0 saturated heterocycles. The molecule has 3 N–H and O–H groups in total. The van der Waals surface area contributed by atoms with Crippen molar-refractivity contribution in [1.82, 2.24) is 10.3 Å². The molecule has 0 spiro atoms. The van der Waals surface area contributed by atoms with Gasteiger partial charge in [-0.1, -0.05) is 43.2 Å². The summed E-state index contributed by atoms with van der Waals surface area (Å²) < 4.78 is 0. The van der Waals surface area contributed by atoms with Gasteiger partial charge in [-0.25, -0.2) is 0 Å². The summed E-state index contributed by atoms with van der Waals surface area (Å²) in [6, 6.07) is 7.08. The second-order valence-electron chi connectivity index (χ2n) is 5.38. The molecule has 0 aliphatic rings. The SMILES string of the molecule is CCN(CC)CCC(Cc1cc(C)cc(C)c1)NN. The summed E-state index contributed by atoms with van der Waals surface area (Å²) in [5.74, 6) is 5.70. The van der Waals surface area contributed by atoms with Crippen LogP contribution in [0.2, 0.25) is 0 Å². The summed E-state index contributed by atoms with van der Waals surface area (Å²) in [5.41, 5.74) is 7.00. The molecule has 0 saturated carbocycles. The Morgan fingerprint density at radius 3 is 2.16 bits per heavy atom. The minimum Gasteiger partial charge on any atom is -0.304 e. The second-order valence-corrected chi connectivity index (χ2v) is 5.38. The van der Waals surface area contributed by atoms with E-state index in [1.165, 1.54) is 16.7 Å². The first-order chi connectivity index (χ1) is 9.08. The number of nitrogens with zero attached hydrogens (tertiary/aromatic N) is 1. The van der Waals surface area contributed by atoms with Gasteiger partial charge in [0.25, 0.3) is 0 Å². The van der Waals surface area contributed by atoms with Gasteiger partial charge in [-0.05, 0) is 51.9 Å². The molecule has 1 atom stereocenters. The van der Waals surface area contributed by atoms with Gasteiger partial charge in [0.2, 0.25) is 0 Å². The van der Waals surface area contributed by atoms with E-state index in [9.17, 15) is 0 Å². The van der Waals surface area contributed by atoms with Crippen molar-refractivity contribution in [2.45, 2.75) is 46.6 Å². The highest BCUT2D eigenvalue weighted by Gasteiger charge is 2.10. The van der Waals surface area contributed by atoms with E-state index in [-0.39, 0.29) is 0 Å². The fourth-order valence-corrected chi connectivity index (χ4v) is 2.59. The Kier molecular flexibility index (Phi) is 7.06. The molecule has 0 fully saturated rings. The van der Waals surface area contributed by atoms with Crippen LogP contribution in [0.3, 0.4) is 0 Å². The minimum atomic E-state index is 0.349. The zero-order chi connectivity index (χ0) is 14.3. The number of nitrogens with one attached hydrogen (secondary N) is 1. The Morgan fingerprint density at radius 2 is 1.68 bits per heavy atom. The van der Waals surface area contributed by atoms with Crippen LogP contribution in [0.4, 0.5) is 0 Å². The highest BCUT2D eigenvalue weighted by atomic mass is 15.2. The largest absolute Gasteiger partial charge is 0.304 e. The molecule has 3 nitrogen and oxygen atoms in total.